The SMILES string of the molecule is CCNC(C)(C#N)Cn1c(C)nc2c1CCCC2. The molecule has 4 heteroatoms. The molecule has 1 aromatic heterocycles. The van der Waals surface area contributed by atoms with Gasteiger partial charge in [0.1, 0.15) is 11.4 Å². The maximum atomic E-state index is 9.36. The van der Waals surface area contributed by atoms with Gasteiger partial charge in [0.2, 0.25) is 0 Å². The van der Waals surface area contributed by atoms with Crippen molar-refractivity contribution in [2.45, 2.75) is 58.5 Å². The Morgan fingerprint density at radius 2 is 2.17 bits per heavy atom. The molecule has 1 aromatic rings. The molecular formula is C14H22N4. The van der Waals surface area contributed by atoms with Crippen LogP contribution in [-0.2, 0) is 19.4 Å². The molecule has 0 radical (unpaired) electrons. The van der Waals surface area contributed by atoms with Crippen LogP contribution < -0.4 is 5.32 Å². The Morgan fingerprint density at radius 1 is 1.44 bits per heavy atom. The summed E-state index contributed by atoms with van der Waals surface area (Å²) in [6.45, 7) is 7.53. The third-order valence-corrected chi connectivity index (χ3v) is 3.71. The molecule has 0 amide bonds. The molecule has 98 valence electrons. The van der Waals surface area contributed by atoms with Gasteiger partial charge in [0.15, 0.2) is 0 Å². The summed E-state index contributed by atoms with van der Waals surface area (Å²) in [5.74, 6) is 1.04. The first-order valence-corrected chi connectivity index (χ1v) is 6.81. The van der Waals surface area contributed by atoms with Gasteiger partial charge in [-0.1, -0.05) is 6.92 Å². The van der Waals surface area contributed by atoms with Gasteiger partial charge in [-0.3, -0.25) is 5.32 Å². The van der Waals surface area contributed by atoms with E-state index in [1.54, 1.807) is 0 Å². The number of nitrogens with one attached hydrogen (secondary N) is 1. The molecule has 1 aliphatic rings. The van der Waals surface area contributed by atoms with Crippen LogP contribution in [0.2, 0.25) is 0 Å². The van der Waals surface area contributed by atoms with Crippen molar-refractivity contribution in [3.63, 3.8) is 0 Å². The summed E-state index contributed by atoms with van der Waals surface area (Å²) in [4.78, 5) is 4.66. The number of hydrogen-bond donors (Lipinski definition) is 1. The largest absolute Gasteiger partial charge is 0.329 e. The van der Waals surface area contributed by atoms with Gasteiger partial charge in [0.05, 0.1) is 18.3 Å². The highest BCUT2D eigenvalue weighted by molar-refractivity contribution is 5.21. The summed E-state index contributed by atoms with van der Waals surface area (Å²) in [7, 11) is 0. The predicted molar refractivity (Wildman–Crippen MR) is 71.3 cm³/mol. The van der Waals surface area contributed by atoms with Gasteiger partial charge in [-0.2, -0.15) is 5.26 Å². The van der Waals surface area contributed by atoms with Crippen LogP contribution in [0.4, 0.5) is 0 Å². The smallest absolute Gasteiger partial charge is 0.122 e. The Bertz CT molecular complexity index is 469. The van der Waals surface area contributed by atoms with E-state index in [0.717, 1.165) is 25.2 Å². The van der Waals surface area contributed by atoms with Gasteiger partial charge < -0.3 is 4.57 Å². The Hall–Kier alpha value is -1.34. The summed E-state index contributed by atoms with van der Waals surface area (Å²) in [6.07, 6.45) is 4.67. The number of nitriles is 1. The van der Waals surface area contributed by atoms with Crippen molar-refractivity contribution in [3.8, 4) is 6.07 Å². The molecule has 1 N–H and O–H groups in total. The van der Waals surface area contributed by atoms with E-state index < -0.39 is 5.54 Å². The van der Waals surface area contributed by atoms with E-state index in [2.05, 4.69) is 20.9 Å². The number of aromatic nitrogens is 2. The minimum atomic E-state index is -0.509. The number of likely N-dealkylation sites (N-methyl/N-ethyl adjacent to an activating group) is 1. The molecule has 2 rings (SSSR count). The summed E-state index contributed by atoms with van der Waals surface area (Å²) in [5.41, 5.74) is 2.08. The number of hydrogen-bond acceptors (Lipinski definition) is 3. The minimum absolute atomic E-state index is 0.509. The van der Waals surface area contributed by atoms with Crippen LogP contribution >= 0.6 is 0 Å². The van der Waals surface area contributed by atoms with Crippen molar-refractivity contribution in [1.82, 2.24) is 14.9 Å². The van der Waals surface area contributed by atoms with Crippen LogP contribution in [0.5, 0.6) is 0 Å². The number of fused-ring (bicyclic) bond motifs is 1. The van der Waals surface area contributed by atoms with E-state index in [1.807, 2.05) is 20.8 Å². The Labute approximate surface area is 109 Å². The molecule has 0 bridgehead atoms. The second-order valence-electron chi connectivity index (χ2n) is 5.32. The fraction of sp³-hybridized carbons (Fsp3) is 0.714. The van der Waals surface area contributed by atoms with Gasteiger partial charge in [0, 0.05) is 5.69 Å². The van der Waals surface area contributed by atoms with E-state index in [-0.39, 0.29) is 0 Å². The zero-order valence-corrected chi connectivity index (χ0v) is 11.6. The van der Waals surface area contributed by atoms with Gasteiger partial charge in [-0.15, -0.1) is 0 Å². The summed E-state index contributed by atoms with van der Waals surface area (Å²) in [6, 6.07) is 2.39. The van der Waals surface area contributed by atoms with Crippen LogP contribution in [-0.4, -0.2) is 21.6 Å². The maximum absolute atomic E-state index is 9.36. The monoisotopic (exact) mass is 246 g/mol. The Morgan fingerprint density at radius 3 is 2.83 bits per heavy atom. The highest BCUT2D eigenvalue weighted by atomic mass is 15.1. The zero-order valence-electron chi connectivity index (χ0n) is 11.6. The lowest BCUT2D eigenvalue weighted by atomic mass is 9.99. The predicted octanol–water partition coefficient (Wildman–Crippen LogP) is 1.96. The molecular weight excluding hydrogens is 224 g/mol. The van der Waals surface area contributed by atoms with Crippen LogP contribution in [0, 0.1) is 18.3 Å². The summed E-state index contributed by atoms with van der Waals surface area (Å²) in [5, 5.41) is 12.6. The van der Waals surface area contributed by atoms with Gasteiger partial charge in [-0.05, 0) is 46.1 Å². The first-order chi connectivity index (χ1) is 8.59. The fourth-order valence-corrected chi connectivity index (χ4v) is 2.78. The molecule has 1 atom stereocenters. The molecule has 1 aliphatic carbocycles. The number of rotatable bonds is 4. The highest BCUT2D eigenvalue weighted by Gasteiger charge is 2.27. The summed E-state index contributed by atoms with van der Waals surface area (Å²) < 4.78 is 2.24. The van der Waals surface area contributed by atoms with Crippen LogP contribution in [0.25, 0.3) is 0 Å². The second-order valence-corrected chi connectivity index (χ2v) is 5.32. The topological polar surface area (TPSA) is 53.6 Å². The van der Waals surface area contributed by atoms with Gasteiger partial charge >= 0.3 is 0 Å². The molecule has 1 unspecified atom stereocenters. The Balaban J connectivity index is 2.29. The zero-order chi connectivity index (χ0) is 13.2. The van der Waals surface area contributed by atoms with E-state index >= 15 is 0 Å². The molecule has 0 spiro atoms. The standard InChI is InChI=1S/C14H22N4/c1-4-16-14(3,9-15)10-18-11(2)17-12-7-5-6-8-13(12)18/h16H,4-8,10H2,1-3H3. The van der Waals surface area contributed by atoms with Crippen molar-refractivity contribution in [1.29, 1.82) is 5.26 Å². The molecule has 0 aliphatic heterocycles. The molecule has 4 nitrogen and oxygen atoms in total. The van der Waals surface area contributed by atoms with Crippen LogP contribution in [0.1, 0.15) is 43.9 Å². The second kappa shape index (κ2) is 5.11. The molecule has 18 heavy (non-hydrogen) atoms. The van der Waals surface area contributed by atoms with E-state index in [9.17, 15) is 5.26 Å². The maximum Gasteiger partial charge on any atom is 0.122 e. The quantitative estimate of drug-likeness (QED) is 0.883. The summed E-state index contributed by atoms with van der Waals surface area (Å²) >= 11 is 0. The normalized spacial score (nSPS) is 17.9. The molecule has 0 aromatic carbocycles. The fourth-order valence-electron chi connectivity index (χ4n) is 2.78. The van der Waals surface area contributed by atoms with Crippen LogP contribution in [0.3, 0.4) is 0 Å². The lowest BCUT2D eigenvalue weighted by Crippen LogP contribution is -2.45. The van der Waals surface area contributed by atoms with E-state index in [4.69, 9.17) is 0 Å². The lowest BCUT2D eigenvalue weighted by molar-refractivity contribution is 0.385. The molecule has 0 saturated carbocycles. The number of aryl methyl sites for hydroxylation is 2. The van der Waals surface area contributed by atoms with Crippen molar-refractivity contribution in [2.24, 2.45) is 0 Å². The van der Waals surface area contributed by atoms with E-state index in [0.29, 0.717) is 6.54 Å². The molecule has 0 saturated heterocycles. The van der Waals surface area contributed by atoms with Crippen molar-refractivity contribution in [2.75, 3.05) is 6.54 Å². The van der Waals surface area contributed by atoms with Gasteiger partial charge in [-0.25, -0.2) is 4.98 Å². The first-order valence-electron chi connectivity index (χ1n) is 6.81. The number of imidazole rings is 1. The molecule has 1 heterocycles. The Kier molecular flexibility index (Phi) is 3.72. The van der Waals surface area contributed by atoms with E-state index in [1.165, 1.54) is 24.2 Å². The average Bonchev–Trinajstić information content (AvgIpc) is 2.66. The van der Waals surface area contributed by atoms with Crippen molar-refractivity contribution >= 4 is 0 Å². The average molecular weight is 246 g/mol. The third-order valence-electron chi connectivity index (χ3n) is 3.71. The van der Waals surface area contributed by atoms with Crippen molar-refractivity contribution in [3.05, 3.63) is 17.2 Å². The highest BCUT2D eigenvalue weighted by Crippen LogP contribution is 2.23. The minimum Gasteiger partial charge on any atom is -0.329 e. The molecule has 0 fully saturated rings. The number of nitrogens with zero attached hydrogens (tertiary/aromatic N) is 3. The van der Waals surface area contributed by atoms with Crippen LogP contribution in [0.15, 0.2) is 0 Å². The first kappa shape index (κ1) is 13.1. The third kappa shape index (κ3) is 2.41. The van der Waals surface area contributed by atoms with Gasteiger partial charge in [0.25, 0.3) is 0 Å². The van der Waals surface area contributed by atoms with Crippen molar-refractivity contribution < 1.29 is 0 Å². The lowest BCUT2D eigenvalue weighted by Gasteiger charge is -2.25.